The van der Waals surface area contributed by atoms with Crippen molar-refractivity contribution >= 4 is 17.3 Å². The van der Waals surface area contributed by atoms with Gasteiger partial charge in [0.2, 0.25) is 0 Å². The highest BCUT2D eigenvalue weighted by molar-refractivity contribution is 5.99. The van der Waals surface area contributed by atoms with Crippen molar-refractivity contribution in [3.63, 3.8) is 0 Å². The molecule has 1 atom stereocenters. The molecule has 0 bridgehead atoms. The van der Waals surface area contributed by atoms with E-state index in [1.807, 2.05) is 0 Å². The summed E-state index contributed by atoms with van der Waals surface area (Å²) in [5.41, 5.74) is 13.2. The highest BCUT2D eigenvalue weighted by Gasteiger charge is 2.25. The Morgan fingerprint density at radius 3 is 2.89 bits per heavy atom. The molecule has 1 aromatic carbocycles. The summed E-state index contributed by atoms with van der Waals surface area (Å²) in [5, 5.41) is 9.17. The summed E-state index contributed by atoms with van der Waals surface area (Å²) in [6, 6.07) is 5.42. The van der Waals surface area contributed by atoms with Gasteiger partial charge in [-0.2, -0.15) is 0 Å². The molecule has 2 rings (SSSR count). The Morgan fingerprint density at radius 2 is 2.21 bits per heavy atom. The van der Waals surface area contributed by atoms with Gasteiger partial charge in [-0.3, -0.25) is 4.79 Å². The minimum atomic E-state index is -0.441. The van der Waals surface area contributed by atoms with Crippen molar-refractivity contribution in [1.29, 1.82) is 0 Å². The van der Waals surface area contributed by atoms with Gasteiger partial charge in [-0.1, -0.05) is 0 Å². The van der Waals surface area contributed by atoms with Crippen LogP contribution in [0.25, 0.3) is 0 Å². The fourth-order valence-electron chi connectivity index (χ4n) is 2.76. The van der Waals surface area contributed by atoms with E-state index in [4.69, 9.17) is 11.5 Å². The maximum atomic E-state index is 11.5. The first kappa shape index (κ1) is 13.7. The number of aliphatic hydroxyl groups is 1. The molecule has 0 aliphatic carbocycles. The van der Waals surface area contributed by atoms with Crippen LogP contribution in [0.4, 0.5) is 11.4 Å². The number of anilines is 2. The summed E-state index contributed by atoms with van der Waals surface area (Å²) in [5.74, 6) is -0.441. The first-order valence-electron chi connectivity index (χ1n) is 6.70. The molecular formula is C14H21N3O2. The molecule has 1 fully saturated rings. The van der Waals surface area contributed by atoms with E-state index < -0.39 is 5.91 Å². The number of rotatable bonds is 4. The van der Waals surface area contributed by atoms with Crippen molar-refractivity contribution in [1.82, 2.24) is 0 Å². The molecular weight excluding hydrogens is 242 g/mol. The number of aliphatic hydroxyl groups excluding tert-OH is 1. The molecule has 1 unspecified atom stereocenters. The lowest BCUT2D eigenvalue weighted by Gasteiger charge is -2.38. The van der Waals surface area contributed by atoms with Crippen molar-refractivity contribution in [3.8, 4) is 0 Å². The lowest BCUT2D eigenvalue weighted by atomic mass is 9.97. The number of nitrogen functional groups attached to an aromatic ring is 1. The Hall–Kier alpha value is -1.75. The molecule has 1 aliphatic heterocycles. The van der Waals surface area contributed by atoms with Crippen molar-refractivity contribution in [3.05, 3.63) is 23.8 Å². The number of carbonyl (C=O) groups is 1. The first-order chi connectivity index (χ1) is 9.13. The van der Waals surface area contributed by atoms with Gasteiger partial charge in [0.15, 0.2) is 0 Å². The van der Waals surface area contributed by atoms with Gasteiger partial charge in [0.1, 0.15) is 0 Å². The predicted octanol–water partition coefficient (Wildman–Crippen LogP) is 1.11. The van der Waals surface area contributed by atoms with E-state index in [1.54, 1.807) is 18.2 Å². The zero-order valence-electron chi connectivity index (χ0n) is 11.0. The van der Waals surface area contributed by atoms with E-state index in [0.717, 1.165) is 31.5 Å². The molecule has 1 aliphatic rings. The Morgan fingerprint density at radius 1 is 1.42 bits per heavy atom. The molecule has 104 valence electrons. The van der Waals surface area contributed by atoms with Gasteiger partial charge in [0, 0.05) is 24.9 Å². The van der Waals surface area contributed by atoms with Gasteiger partial charge in [0.05, 0.1) is 11.3 Å². The van der Waals surface area contributed by atoms with Crippen LogP contribution >= 0.6 is 0 Å². The zero-order chi connectivity index (χ0) is 13.8. The van der Waals surface area contributed by atoms with Crippen LogP contribution in [0.1, 0.15) is 36.0 Å². The lowest BCUT2D eigenvalue weighted by molar-refractivity contribution is 0.100. The Kier molecular flexibility index (Phi) is 4.27. The van der Waals surface area contributed by atoms with Gasteiger partial charge in [-0.15, -0.1) is 0 Å². The van der Waals surface area contributed by atoms with E-state index in [-0.39, 0.29) is 12.6 Å². The molecule has 5 heteroatoms. The lowest BCUT2D eigenvalue weighted by Crippen LogP contribution is -2.41. The minimum Gasteiger partial charge on any atom is -0.399 e. The number of amides is 1. The van der Waals surface area contributed by atoms with Crippen molar-refractivity contribution < 1.29 is 9.90 Å². The van der Waals surface area contributed by atoms with Crippen LogP contribution in [-0.4, -0.2) is 30.2 Å². The zero-order valence-corrected chi connectivity index (χ0v) is 11.0. The van der Waals surface area contributed by atoms with Gasteiger partial charge in [-0.05, 0) is 43.9 Å². The third kappa shape index (κ3) is 2.98. The highest BCUT2D eigenvalue weighted by atomic mass is 16.3. The van der Waals surface area contributed by atoms with Crippen LogP contribution in [0.5, 0.6) is 0 Å². The summed E-state index contributed by atoms with van der Waals surface area (Å²) < 4.78 is 0. The number of hydrogen-bond donors (Lipinski definition) is 3. The number of nitrogens with two attached hydrogens (primary N) is 2. The van der Waals surface area contributed by atoms with Gasteiger partial charge >= 0.3 is 0 Å². The molecule has 1 saturated heterocycles. The van der Waals surface area contributed by atoms with Crippen molar-refractivity contribution in [2.45, 2.75) is 31.7 Å². The first-order valence-corrected chi connectivity index (χ1v) is 6.70. The summed E-state index contributed by atoms with van der Waals surface area (Å²) in [6.45, 7) is 1.02. The quantitative estimate of drug-likeness (QED) is 0.709. The second-order valence-electron chi connectivity index (χ2n) is 5.00. The molecule has 5 nitrogen and oxygen atoms in total. The molecule has 5 N–H and O–H groups in total. The molecule has 1 aromatic rings. The van der Waals surface area contributed by atoms with E-state index in [2.05, 4.69) is 4.90 Å². The number of carbonyl (C=O) groups excluding carboxylic acids is 1. The van der Waals surface area contributed by atoms with E-state index >= 15 is 0 Å². The molecule has 0 spiro atoms. The van der Waals surface area contributed by atoms with Crippen LogP contribution in [0.3, 0.4) is 0 Å². The minimum absolute atomic E-state index is 0.148. The highest BCUT2D eigenvalue weighted by Crippen LogP contribution is 2.30. The number of hydrogen-bond acceptors (Lipinski definition) is 4. The number of benzene rings is 1. The molecule has 19 heavy (non-hydrogen) atoms. The van der Waals surface area contributed by atoms with Crippen LogP contribution in [0.15, 0.2) is 18.2 Å². The van der Waals surface area contributed by atoms with E-state index in [1.165, 1.54) is 0 Å². The molecule has 0 saturated carbocycles. The second kappa shape index (κ2) is 5.93. The fraction of sp³-hybridized carbons (Fsp3) is 0.500. The third-order valence-corrected chi connectivity index (χ3v) is 3.69. The van der Waals surface area contributed by atoms with Crippen molar-refractivity contribution in [2.24, 2.45) is 5.73 Å². The largest absolute Gasteiger partial charge is 0.399 e. The third-order valence-electron chi connectivity index (χ3n) is 3.69. The SMILES string of the molecule is NC(=O)c1ccc(N)cc1N1CCCCC1CCO. The Bertz CT molecular complexity index is 460. The van der Waals surface area contributed by atoms with Crippen LogP contribution < -0.4 is 16.4 Å². The fourth-order valence-corrected chi connectivity index (χ4v) is 2.76. The molecule has 1 amide bonds. The maximum absolute atomic E-state index is 11.5. The molecule has 1 heterocycles. The Balaban J connectivity index is 2.37. The van der Waals surface area contributed by atoms with Gasteiger partial charge in [0.25, 0.3) is 5.91 Å². The standard InChI is InChI=1S/C14H21N3O2/c15-10-4-5-12(14(16)19)13(9-10)17-7-2-1-3-11(17)6-8-18/h4-5,9,11,18H,1-3,6-8,15H2,(H2,16,19). The maximum Gasteiger partial charge on any atom is 0.250 e. The summed E-state index contributed by atoms with van der Waals surface area (Å²) in [7, 11) is 0. The van der Waals surface area contributed by atoms with Crippen LogP contribution in [-0.2, 0) is 0 Å². The topological polar surface area (TPSA) is 92.6 Å². The van der Waals surface area contributed by atoms with Crippen molar-refractivity contribution in [2.75, 3.05) is 23.8 Å². The monoisotopic (exact) mass is 263 g/mol. The summed E-state index contributed by atoms with van der Waals surface area (Å²) >= 11 is 0. The summed E-state index contributed by atoms with van der Waals surface area (Å²) in [6.07, 6.45) is 3.95. The summed E-state index contributed by atoms with van der Waals surface area (Å²) in [4.78, 5) is 13.7. The molecule has 0 aromatic heterocycles. The van der Waals surface area contributed by atoms with Crippen LogP contribution in [0.2, 0.25) is 0 Å². The van der Waals surface area contributed by atoms with Crippen LogP contribution in [0, 0.1) is 0 Å². The number of piperidine rings is 1. The smallest absolute Gasteiger partial charge is 0.250 e. The second-order valence-corrected chi connectivity index (χ2v) is 5.00. The van der Waals surface area contributed by atoms with E-state index in [9.17, 15) is 9.90 Å². The predicted molar refractivity (Wildman–Crippen MR) is 76.1 cm³/mol. The van der Waals surface area contributed by atoms with Gasteiger partial charge in [-0.25, -0.2) is 0 Å². The normalized spacial score (nSPS) is 19.4. The average molecular weight is 263 g/mol. The molecule has 0 radical (unpaired) electrons. The number of nitrogens with zero attached hydrogens (tertiary/aromatic N) is 1. The average Bonchev–Trinajstić information content (AvgIpc) is 2.39. The van der Waals surface area contributed by atoms with Gasteiger partial charge < -0.3 is 21.5 Å². The Labute approximate surface area is 113 Å². The van der Waals surface area contributed by atoms with E-state index in [0.29, 0.717) is 17.7 Å². The number of primary amides is 1.